The highest BCUT2D eigenvalue weighted by molar-refractivity contribution is 5.61. The van der Waals surface area contributed by atoms with Gasteiger partial charge in [-0.2, -0.15) is 0 Å². The second kappa shape index (κ2) is 4.96. The first-order valence-corrected chi connectivity index (χ1v) is 4.08. The van der Waals surface area contributed by atoms with Crippen LogP contribution in [0.2, 0.25) is 0 Å². The fraction of sp³-hybridized carbons (Fsp3) is 0.222. The molecule has 7 heteroatoms. The number of methoxy groups -OCH3 is 2. The summed E-state index contributed by atoms with van der Waals surface area (Å²) in [6.07, 6.45) is 0. The predicted octanol–water partition coefficient (Wildman–Crippen LogP) is 1.06. The molecule has 85 valence electrons. The number of carbonyl (C=O) groups excluding carboxylic acids is 1. The molecular weight excluding hydrogens is 218 g/mol. The molecule has 0 aliphatic rings. The Kier molecular flexibility index (Phi) is 3.65. The lowest BCUT2D eigenvalue weighted by atomic mass is 10.2. The predicted molar refractivity (Wildman–Crippen MR) is 52.5 cm³/mol. The minimum absolute atomic E-state index is 0.174. The Morgan fingerprint density at radius 2 is 1.75 bits per heavy atom. The summed E-state index contributed by atoms with van der Waals surface area (Å²) in [5, 5.41) is 10.7. The van der Waals surface area contributed by atoms with Crippen molar-refractivity contribution < 1.29 is 23.9 Å². The number of nitrogens with zero attached hydrogens (tertiary/aromatic N) is 1. The lowest BCUT2D eigenvalue weighted by Crippen LogP contribution is -1.99. The first-order valence-electron chi connectivity index (χ1n) is 4.08. The first-order chi connectivity index (χ1) is 7.63. The smallest absolute Gasteiger partial charge is 0.423 e. The minimum atomic E-state index is -0.700. The monoisotopic (exact) mass is 226 g/mol. The van der Waals surface area contributed by atoms with E-state index >= 15 is 0 Å². The maximum atomic E-state index is 10.7. The Morgan fingerprint density at radius 3 is 2.19 bits per heavy atom. The van der Waals surface area contributed by atoms with Crippen molar-refractivity contribution in [1.29, 1.82) is 0 Å². The van der Waals surface area contributed by atoms with Crippen molar-refractivity contribution in [2.24, 2.45) is 0 Å². The molecule has 1 aromatic rings. The van der Waals surface area contributed by atoms with Gasteiger partial charge in [0.25, 0.3) is 0 Å². The molecule has 0 amide bonds. The van der Waals surface area contributed by atoms with Gasteiger partial charge in [0.15, 0.2) is 11.5 Å². The molecule has 0 saturated heterocycles. The van der Waals surface area contributed by atoms with Crippen molar-refractivity contribution in [3.8, 4) is 17.2 Å². The summed E-state index contributed by atoms with van der Waals surface area (Å²) >= 11 is 0. The van der Waals surface area contributed by atoms with E-state index in [0.29, 0.717) is 0 Å². The molecule has 0 heterocycles. The Morgan fingerprint density at radius 1 is 1.19 bits per heavy atom. The summed E-state index contributed by atoms with van der Waals surface area (Å²) in [5.41, 5.74) is -0.402. The standard InChI is InChI=1S/C9H8NO6/c1-14-8-3-6(10(12)13)7(16-5-11)4-9(8)15-2/h3-4H,1-2H3. The highest BCUT2D eigenvalue weighted by atomic mass is 16.6. The SMILES string of the molecule is COc1cc(O[C]=O)c([N+](=O)[O-])cc1OC. The van der Waals surface area contributed by atoms with Gasteiger partial charge in [0.05, 0.1) is 25.2 Å². The fourth-order valence-corrected chi connectivity index (χ4v) is 1.12. The quantitative estimate of drug-likeness (QED) is 0.551. The van der Waals surface area contributed by atoms with Crippen LogP contribution >= 0.6 is 0 Å². The van der Waals surface area contributed by atoms with Crippen molar-refractivity contribution in [1.82, 2.24) is 0 Å². The van der Waals surface area contributed by atoms with Gasteiger partial charge in [-0.3, -0.25) is 10.1 Å². The molecule has 0 aromatic heterocycles. The van der Waals surface area contributed by atoms with Gasteiger partial charge >= 0.3 is 12.2 Å². The van der Waals surface area contributed by atoms with E-state index in [4.69, 9.17) is 9.47 Å². The molecule has 0 N–H and O–H groups in total. The van der Waals surface area contributed by atoms with E-state index in [-0.39, 0.29) is 17.2 Å². The van der Waals surface area contributed by atoms with E-state index < -0.39 is 10.6 Å². The Balaban J connectivity index is 3.34. The van der Waals surface area contributed by atoms with E-state index in [1.807, 2.05) is 0 Å². The van der Waals surface area contributed by atoms with E-state index in [9.17, 15) is 14.9 Å². The highest BCUT2D eigenvalue weighted by Gasteiger charge is 2.20. The van der Waals surface area contributed by atoms with Gasteiger partial charge in [0, 0.05) is 6.07 Å². The average Bonchev–Trinajstić information content (AvgIpc) is 2.28. The van der Waals surface area contributed by atoms with Crippen LogP contribution in [-0.4, -0.2) is 25.6 Å². The summed E-state index contributed by atoms with van der Waals surface area (Å²) < 4.78 is 14.1. The molecule has 1 aromatic carbocycles. The zero-order chi connectivity index (χ0) is 12.1. The number of nitro benzene ring substituents is 1. The van der Waals surface area contributed by atoms with Gasteiger partial charge in [0.2, 0.25) is 5.75 Å². The second-order valence-corrected chi connectivity index (χ2v) is 2.62. The number of rotatable bonds is 5. The van der Waals surface area contributed by atoms with Crippen LogP contribution in [0, 0.1) is 10.1 Å². The summed E-state index contributed by atoms with van der Waals surface area (Å²) in [5.74, 6) is 0.142. The van der Waals surface area contributed by atoms with Crippen molar-refractivity contribution in [2.45, 2.75) is 0 Å². The molecule has 1 radical (unpaired) electrons. The maximum Gasteiger partial charge on any atom is 0.423 e. The normalized spacial score (nSPS) is 9.38. The number of nitro groups is 1. The zero-order valence-electron chi connectivity index (χ0n) is 8.55. The van der Waals surface area contributed by atoms with Crippen LogP contribution in [0.3, 0.4) is 0 Å². The largest absolute Gasteiger partial charge is 0.493 e. The number of ether oxygens (including phenoxy) is 3. The van der Waals surface area contributed by atoms with E-state index in [2.05, 4.69) is 4.74 Å². The molecule has 7 nitrogen and oxygen atoms in total. The van der Waals surface area contributed by atoms with E-state index in [1.54, 1.807) is 0 Å². The average molecular weight is 226 g/mol. The van der Waals surface area contributed by atoms with E-state index in [1.165, 1.54) is 20.3 Å². The molecule has 0 spiro atoms. The zero-order valence-corrected chi connectivity index (χ0v) is 8.55. The van der Waals surface area contributed by atoms with Crippen LogP contribution < -0.4 is 14.2 Å². The second-order valence-electron chi connectivity index (χ2n) is 2.62. The van der Waals surface area contributed by atoms with Crippen LogP contribution in [-0.2, 0) is 4.79 Å². The number of hydrogen-bond donors (Lipinski definition) is 0. The minimum Gasteiger partial charge on any atom is -0.493 e. The van der Waals surface area contributed by atoms with Gasteiger partial charge in [-0.15, -0.1) is 0 Å². The van der Waals surface area contributed by atoms with Crippen molar-refractivity contribution in [2.75, 3.05) is 14.2 Å². The molecule has 16 heavy (non-hydrogen) atoms. The molecular formula is C9H8NO6. The van der Waals surface area contributed by atoms with Crippen molar-refractivity contribution in [3.63, 3.8) is 0 Å². The molecule has 0 atom stereocenters. The number of hydrogen-bond acceptors (Lipinski definition) is 6. The number of benzene rings is 1. The van der Waals surface area contributed by atoms with Gasteiger partial charge in [-0.05, 0) is 0 Å². The van der Waals surface area contributed by atoms with Crippen molar-refractivity contribution in [3.05, 3.63) is 22.2 Å². The topological polar surface area (TPSA) is 87.9 Å². The fourth-order valence-electron chi connectivity index (χ4n) is 1.12. The van der Waals surface area contributed by atoms with Crippen LogP contribution in [0.1, 0.15) is 0 Å². The molecule has 0 fully saturated rings. The lowest BCUT2D eigenvalue weighted by molar-refractivity contribution is -0.385. The Hall–Kier alpha value is -2.31. The van der Waals surface area contributed by atoms with Gasteiger partial charge in [0.1, 0.15) is 0 Å². The van der Waals surface area contributed by atoms with Gasteiger partial charge in [-0.1, -0.05) is 0 Å². The molecule has 0 saturated carbocycles. The Labute approximate surface area is 90.7 Å². The molecule has 1 rings (SSSR count). The molecule has 0 bridgehead atoms. The third-order valence-corrected chi connectivity index (χ3v) is 1.81. The lowest BCUT2D eigenvalue weighted by Gasteiger charge is -2.08. The maximum absolute atomic E-state index is 10.7. The third kappa shape index (κ3) is 2.19. The summed E-state index contributed by atoms with van der Waals surface area (Å²) in [6, 6.07) is 2.29. The van der Waals surface area contributed by atoms with E-state index in [0.717, 1.165) is 12.5 Å². The Bertz CT molecular complexity index is 417. The molecule has 0 aliphatic carbocycles. The van der Waals surface area contributed by atoms with Crippen LogP contribution in [0.5, 0.6) is 17.2 Å². The molecule has 0 unspecified atom stereocenters. The van der Waals surface area contributed by atoms with Crippen LogP contribution in [0.15, 0.2) is 12.1 Å². The molecule has 0 aliphatic heterocycles. The third-order valence-electron chi connectivity index (χ3n) is 1.81. The van der Waals surface area contributed by atoms with Crippen LogP contribution in [0.25, 0.3) is 0 Å². The summed E-state index contributed by atoms with van der Waals surface area (Å²) in [7, 11) is 2.70. The summed E-state index contributed by atoms with van der Waals surface area (Å²) in [6.45, 7) is 1.12. The van der Waals surface area contributed by atoms with Gasteiger partial charge in [-0.25, -0.2) is 4.79 Å². The summed E-state index contributed by atoms with van der Waals surface area (Å²) in [4.78, 5) is 20.0. The van der Waals surface area contributed by atoms with Crippen LogP contribution in [0.4, 0.5) is 5.69 Å². The highest BCUT2D eigenvalue weighted by Crippen LogP contribution is 2.38. The van der Waals surface area contributed by atoms with Crippen molar-refractivity contribution >= 4 is 12.2 Å². The first kappa shape index (κ1) is 11.8. The van der Waals surface area contributed by atoms with Gasteiger partial charge < -0.3 is 14.2 Å².